The maximum Gasteiger partial charge on any atom is 0.347 e. The van der Waals surface area contributed by atoms with Crippen LogP contribution in [0.1, 0.15) is 129 Å². The summed E-state index contributed by atoms with van der Waals surface area (Å²) in [5.74, 6) is -0.764. The predicted octanol–water partition coefficient (Wildman–Crippen LogP) is 8.87. The number of esters is 3. The lowest BCUT2D eigenvalue weighted by Gasteiger charge is -2.34. The monoisotopic (exact) mass is 709 g/mol. The van der Waals surface area contributed by atoms with E-state index in [4.69, 9.17) is 14.2 Å². The molecule has 2 aromatic rings. The minimum atomic E-state index is -1.79. The van der Waals surface area contributed by atoms with Crippen molar-refractivity contribution < 1.29 is 33.7 Å². The van der Waals surface area contributed by atoms with E-state index in [1.807, 2.05) is 36.4 Å². The van der Waals surface area contributed by atoms with Crippen molar-refractivity contribution in [1.82, 2.24) is 4.90 Å². The average Bonchev–Trinajstić information content (AvgIpc) is 3.15. The van der Waals surface area contributed by atoms with Gasteiger partial charge in [-0.3, -0.25) is 9.59 Å². The molecule has 8 nitrogen and oxygen atoms in total. The molecule has 0 bridgehead atoms. The molecule has 1 aliphatic rings. The predicted molar refractivity (Wildman–Crippen MR) is 204 cm³/mol. The van der Waals surface area contributed by atoms with E-state index in [1.54, 1.807) is 31.2 Å². The van der Waals surface area contributed by atoms with Gasteiger partial charge in [0.25, 0.3) is 0 Å². The Kier molecular flexibility index (Phi) is 20.8. The Labute approximate surface area is 308 Å². The number of benzene rings is 2. The summed E-state index contributed by atoms with van der Waals surface area (Å²) in [5, 5.41) is 11.4. The highest BCUT2D eigenvalue weighted by molar-refractivity contribution is 5.85. The standard InChI is InChI=1S/C22H27NO3.C21H40O4/c1-23(2)19-13-15-20(16-14-19)26-21(24)22(25,17-9-5-3-6-10-17)18-11-7-4-8-12-18;1-6-10-12-18(8-3)15-24-20(22)14-17(5)21(23)25-16-19(9-4)13-11-7-2/h3-12,19-20,25H,13-16H2,1-2H3;17-19H,6-16H2,1-5H3. The van der Waals surface area contributed by atoms with Crippen LogP contribution in [0.15, 0.2) is 60.7 Å². The minimum absolute atomic E-state index is 0.106. The molecular weight excluding hydrogens is 642 g/mol. The second-order valence-electron chi connectivity index (χ2n) is 14.5. The molecule has 0 amide bonds. The SMILES string of the molecule is CCCCC(CC)COC(=O)CC(C)C(=O)OCC(CC)CCCC.CN(C)C1CCC(OC(=O)C(O)(c2ccccc2)c2ccccc2)CC1. The molecule has 1 fully saturated rings. The number of hydrogen-bond acceptors (Lipinski definition) is 8. The fraction of sp³-hybridized carbons (Fsp3) is 0.651. The Morgan fingerprint density at radius 2 is 1.24 bits per heavy atom. The normalized spacial score (nSPS) is 17.7. The number of nitrogens with zero attached hydrogens (tertiary/aromatic N) is 1. The van der Waals surface area contributed by atoms with E-state index in [0.29, 0.717) is 42.2 Å². The quantitative estimate of drug-likeness (QED) is 0.108. The van der Waals surface area contributed by atoms with Crippen LogP contribution in [0.3, 0.4) is 0 Å². The smallest absolute Gasteiger partial charge is 0.347 e. The van der Waals surface area contributed by atoms with Crippen LogP contribution >= 0.6 is 0 Å². The van der Waals surface area contributed by atoms with E-state index in [0.717, 1.165) is 77.0 Å². The van der Waals surface area contributed by atoms with Gasteiger partial charge < -0.3 is 24.2 Å². The minimum Gasteiger partial charge on any atom is -0.465 e. The maximum absolute atomic E-state index is 13.1. The Morgan fingerprint density at radius 3 is 1.67 bits per heavy atom. The molecule has 0 radical (unpaired) electrons. The summed E-state index contributed by atoms with van der Waals surface area (Å²) in [6.07, 6.45) is 12.5. The molecule has 3 unspecified atom stereocenters. The highest BCUT2D eigenvalue weighted by Gasteiger charge is 2.43. The van der Waals surface area contributed by atoms with Gasteiger partial charge in [-0.15, -0.1) is 0 Å². The summed E-state index contributed by atoms with van der Waals surface area (Å²) in [4.78, 5) is 39.3. The largest absolute Gasteiger partial charge is 0.465 e. The molecule has 0 aromatic heterocycles. The van der Waals surface area contributed by atoms with Crippen LogP contribution in [-0.2, 0) is 34.2 Å². The van der Waals surface area contributed by atoms with Crippen LogP contribution in [0.2, 0.25) is 0 Å². The summed E-state index contributed by atoms with van der Waals surface area (Å²) in [6.45, 7) is 11.2. The van der Waals surface area contributed by atoms with Crippen molar-refractivity contribution in [2.45, 2.75) is 136 Å². The lowest BCUT2D eigenvalue weighted by Crippen LogP contribution is -2.42. The van der Waals surface area contributed by atoms with Gasteiger partial charge in [-0.25, -0.2) is 4.79 Å². The van der Waals surface area contributed by atoms with E-state index in [1.165, 1.54) is 0 Å². The number of carbonyl (C=O) groups is 3. The Hall–Kier alpha value is -3.23. The zero-order chi connectivity index (χ0) is 37.6. The van der Waals surface area contributed by atoms with Crippen LogP contribution in [-0.4, -0.2) is 67.4 Å². The first kappa shape index (κ1) is 43.9. The second kappa shape index (κ2) is 24.1. The van der Waals surface area contributed by atoms with E-state index in [2.05, 4.69) is 46.7 Å². The molecule has 8 heteroatoms. The van der Waals surface area contributed by atoms with Gasteiger partial charge in [-0.05, 0) is 75.6 Å². The van der Waals surface area contributed by atoms with Gasteiger partial charge in [0.15, 0.2) is 0 Å². The third-order valence-electron chi connectivity index (χ3n) is 10.2. The number of hydrogen-bond donors (Lipinski definition) is 1. The molecule has 0 saturated heterocycles. The first-order valence-corrected chi connectivity index (χ1v) is 19.5. The molecule has 51 heavy (non-hydrogen) atoms. The molecule has 2 aromatic carbocycles. The van der Waals surface area contributed by atoms with Crippen molar-refractivity contribution in [2.75, 3.05) is 27.3 Å². The second-order valence-corrected chi connectivity index (χ2v) is 14.5. The van der Waals surface area contributed by atoms with Crippen molar-refractivity contribution in [1.29, 1.82) is 0 Å². The van der Waals surface area contributed by atoms with Gasteiger partial charge >= 0.3 is 17.9 Å². The third-order valence-corrected chi connectivity index (χ3v) is 10.2. The molecule has 0 heterocycles. The van der Waals surface area contributed by atoms with Crippen molar-refractivity contribution in [2.24, 2.45) is 17.8 Å². The Balaban J connectivity index is 0.000000354. The number of carbonyl (C=O) groups excluding carboxylic acids is 3. The average molecular weight is 710 g/mol. The summed E-state index contributed by atoms with van der Waals surface area (Å²) < 4.78 is 16.6. The van der Waals surface area contributed by atoms with Crippen LogP contribution in [0, 0.1) is 17.8 Å². The first-order chi connectivity index (χ1) is 24.5. The summed E-state index contributed by atoms with van der Waals surface area (Å²) in [6, 6.07) is 18.6. The van der Waals surface area contributed by atoms with Crippen LogP contribution in [0.5, 0.6) is 0 Å². The highest BCUT2D eigenvalue weighted by Crippen LogP contribution is 2.33. The molecule has 1 aliphatic carbocycles. The number of ether oxygens (including phenoxy) is 3. The van der Waals surface area contributed by atoms with Gasteiger partial charge in [-0.1, -0.05) is 134 Å². The fourth-order valence-electron chi connectivity index (χ4n) is 6.42. The first-order valence-electron chi connectivity index (χ1n) is 19.5. The number of unbranched alkanes of at least 4 members (excludes halogenated alkanes) is 2. The van der Waals surface area contributed by atoms with Gasteiger partial charge in [0.05, 0.1) is 25.6 Å². The van der Waals surface area contributed by atoms with Gasteiger partial charge in [0.1, 0.15) is 6.10 Å². The number of aliphatic hydroxyl groups is 1. The lowest BCUT2D eigenvalue weighted by atomic mass is 9.86. The van der Waals surface area contributed by atoms with E-state index >= 15 is 0 Å². The van der Waals surface area contributed by atoms with Crippen molar-refractivity contribution in [3.63, 3.8) is 0 Å². The molecule has 286 valence electrons. The molecule has 3 rings (SSSR count). The molecular formula is C43H67NO7. The van der Waals surface area contributed by atoms with E-state index < -0.39 is 17.5 Å². The van der Waals surface area contributed by atoms with E-state index in [9.17, 15) is 19.5 Å². The van der Waals surface area contributed by atoms with Gasteiger partial charge in [-0.2, -0.15) is 0 Å². The zero-order valence-electron chi connectivity index (χ0n) is 32.6. The maximum atomic E-state index is 13.1. The van der Waals surface area contributed by atoms with Crippen LogP contribution < -0.4 is 0 Å². The van der Waals surface area contributed by atoms with Crippen LogP contribution in [0.25, 0.3) is 0 Å². The molecule has 0 spiro atoms. The van der Waals surface area contributed by atoms with E-state index in [-0.39, 0.29) is 24.5 Å². The number of rotatable bonds is 20. The summed E-state index contributed by atoms with van der Waals surface area (Å²) in [5.41, 5.74) is -0.739. The zero-order valence-corrected chi connectivity index (χ0v) is 32.6. The lowest BCUT2D eigenvalue weighted by molar-refractivity contribution is -0.169. The molecule has 0 aliphatic heterocycles. The Morgan fingerprint density at radius 1 is 0.765 bits per heavy atom. The topological polar surface area (TPSA) is 102 Å². The Bertz CT molecular complexity index is 1200. The molecule has 1 saturated carbocycles. The van der Waals surface area contributed by atoms with Crippen molar-refractivity contribution in [3.05, 3.63) is 71.8 Å². The van der Waals surface area contributed by atoms with Crippen molar-refractivity contribution in [3.8, 4) is 0 Å². The van der Waals surface area contributed by atoms with Gasteiger partial charge in [0.2, 0.25) is 5.60 Å². The fourth-order valence-corrected chi connectivity index (χ4v) is 6.42. The molecule has 3 atom stereocenters. The van der Waals surface area contributed by atoms with Crippen LogP contribution in [0.4, 0.5) is 0 Å². The summed E-state index contributed by atoms with van der Waals surface area (Å²) >= 11 is 0. The van der Waals surface area contributed by atoms with Crippen molar-refractivity contribution >= 4 is 17.9 Å². The highest BCUT2D eigenvalue weighted by atomic mass is 16.6. The molecule has 1 N–H and O–H groups in total. The summed E-state index contributed by atoms with van der Waals surface area (Å²) in [7, 11) is 4.17. The van der Waals surface area contributed by atoms with Gasteiger partial charge in [0, 0.05) is 6.04 Å². The third kappa shape index (κ3) is 15.1.